The molecule has 0 aliphatic rings. The molecule has 0 saturated heterocycles. The number of hydrogen-bond acceptors (Lipinski definition) is 1. The molecule has 2 rings (SSSR count). The van der Waals surface area contributed by atoms with E-state index in [4.69, 9.17) is 0 Å². The van der Waals surface area contributed by atoms with Gasteiger partial charge in [0.2, 0.25) is 0 Å². The van der Waals surface area contributed by atoms with Crippen molar-refractivity contribution in [3.05, 3.63) is 81.4 Å². The molecular formula is C21H23IO. The molecule has 0 aliphatic heterocycles. The van der Waals surface area contributed by atoms with Gasteiger partial charge in [0.15, 0.2) is 5.78 Å². The molecule has 23 heavy (non-hydrogen) atoms. The van der Waals surface area contributed by atoms with Crippen molar-refractivity contribution in [2.45, 2.75) is 38.5 Å². The van der Waals surface area contributed by atoms with E-state index in [9.17, 15) is 4.79 Å². The third kappa shape index (κ3) is 5.94. The van der Waals surface area contributed by atoms with Gasteiger partial charge in [0.05, 0.1) is 0 Å². The average Bonchev–Trinajstić information content (AvgIpc) is 2.61. The predicted octanol–water partition coefficient (Wildman–Crippen LogP) is 6.55. The maximum Gasteiger partial charge on any atom is 0.163 e. The summed E-state index contributed by atoms with van der Waals surface area (Å²) in [6, 6.07) is 19.9. The molecule has 2 aromatic rings. The highest BCUT2D eigenvalue weighted by Gasteiger charge is 2.15. The zero-order chi connectivity index (χ0) is 16.5. The monoisotopic (exact) mass is 418 g/mol. The number of allylic oxidation sites excluding steroid dienone is 2. The molecule has 1 nitrogen and oxygen atoms in total. The molecular weight excluding hydrogens is 395 g/mol. The van der Waals surface area contributed by atoms with Crippen LogP contribution in [0.2, 0.25) is 0 Å². The normalized spacial score (nSPS) is 12.9. The van der Waals surface area contributed by atoms with Crippen molar-refractivity contribution in [2.75, 3.05) is 0 Å². The summed E-state index contributed by atoms with van der Waals surface area (Å²) in [6.45, 7) is 2.21. The van der Waals surface area contributed by atoms with E-state index >= 15 is 0 Å². The van der Waals surface area contributed by atoms with Crippen LogP contribution in [0, 0.1) is 0 Å². The summed E-state index contributed by atoms with van der Waals surface area (Å²) < 4.78 is 1.35. The van der Waals surface area contributed by atoms with Crippen LogP contribution in [0.15, 0.2) is 70.3 Å². The van der Waals surface area contributed by atoms with E-state index in [2.05, 4.69) is 47.7 Å². The van der Waals surface area contributed by atoms with Crippen LogP contribution < -0.4 is 0 Å². The van der Waals surface area contributed by atoms with Crippen LogP contribution >= 0.6 is 22.6 Å². The van der Waals surface area contributed by atoms with Gasteiger partial charge in [0.1, 0.15) is 0 Å². The third-order valence-corrected chi connectivity index (χ3v) is 4.78. The van der Waals surface area contributed by atoms with E-state index in [0.29, 0.717) is 6.42 Å². The predicted molar refractivity (Wildman–Crippen MR) is 106 cm³/mol. The second kappa shape index (κ2) is 9.66. The lowest BCUT2D eigenvalue weighted by atomic mass is 9.91. The number of hydrogen-bond donors (Lipinski definition) is 0. The molecule has 0 spiro atoms. The van der Waals surface area contributed by atoms with Crippen molar-refractivity contribution < 1.29 is 4.79 Å². The van der Waals surface area contributed by atoms with Crippen molar-refractivity contribution in [2.24, 2.45) is 0 Å². The summed E-state index contributed by atoms with van der Waals surface area (Å²) in [5.41, 5.74) is 2.01. The van der Waals surface area contributed by atoms with Gasteiger partial charge in [-0.25, -0.2) is 0 Å². The van der Waals surface area contributed by atoms with Gasteiger partial charge in [-0.2, -0.15) is 0 Å². The largest absolute Gasteiger partial charge is 0.294 e. The SMILES string of the molecule is CCCC/C(I)=C/C(CC(=O)c1ccccc1)c1ccccc1. The Morgan fingerprint density at radius 2 is 1.65 bits per heavy atom. The minimum atomic E-state index is 0.146. The van der Waals surface area contributed by atoms with E-state index < -0.39 is 0 Å². The second-order valence-electron chi connectivity index (χ2n) is 5.73. The van der Waals surface area contributed by atoms with Crippen LogP contribution in [0.25, 0.3) is 0 Å². The van der Waals surface area contributed by atoms with E-state index in [1.54, 1.807) is 0 Å². The maximum absolute atomic E-state index is 12.6. The summed E-state index contributed by atoms with van der Waals surface area (Å²) in [6.07, 6.45) is 6.28. The number of ketones is 1. The fourth-order valence-corrected chi connectivity index (χ4v) is 3.38. The average molecular weight is 418 g/mol. The Morgan fingerprint density at radius 3 is 2.26 bits per heavy atom. The van der Waals surface area contributed by atoms with Gasteiger partial charge in [-0.05, 0) is 44.6 Å². The first kappa shape index (κ1) is 17.9. The molecule has 0 saturated carbocycles. The molecule has 0 bridgehead atoms. The summed E-state index contributed by atoms with van der Waals surface area (Å²) in [7, 11) is 0. The highest BCUT2D eigenvalue weighted by molar-refractivity contribution is 14.1. The van der Waals surface area contributed by atoms with Crippen LogP contribution in [0.5, 0.6) is 0 Å². The lowest BCUT2D eigenvalue weighted by Crippen LogP contribution is -2.06. The zero-order valence-electron chi connectivity index (χ0n) is 13.5. The molecule has 0 heterocycles. The van der Waals surface area contributed by atoms with E-state index in [1.165, 1.54) is 22.0 Å². The highest BCUT2D eigenvalue weighted by atomic mass is 127. The molecule has 1 atom stereocenters. The lowest BCUT2D eigenvalue weighted by Gasteiger charge is -2.14. The number of benzene rings is 2. The lowest BCUT2D eigenvalue weighted by molar-refractivity contribution is 0.0978. The minimum Gasteiger partial charge on any atom is -0.294 e. The number of halogens is 1. The molecule has 0 aromatic heterocycles. The summed E-state index contributed by atoms with van der Waals surface area (Å²) >= 11 is 2.42. The third-order valence-electron chi connectivity index (χ3n) is 3.88. The number of rotatable bonds is 8. The summed E-state index contributed by atoms with van der Waals surface area (Å²) in [5.74, 6) is 0.350. The van der Waals surface area contributed by atoms with Crippen LogP contribution in [-0.2, 0) is 0 Å². The van der Waals surface area contributed by atoms with Crippen molar-refractivity contribution in [1.29, 1.82) is 0 Å². The topological polar surface area (TPSA) is 17.1 Å². The first-order valence-corrected chi connectivity index (χ1v) is 9.28. The van der Waals surface area contributed by atoms with Gasteiger partial charge in [-0.1, -0.05) is 80.1 Å². The molecule has 1 unspecified atom stereocenters. The van der Waals surface area contributed by atoms with E-state index in [0.717, 1.165) is 12.0 Å². The minimum absolute atomic E-state index is 0.146. The Bertz CT molecular complexity index is 631. The smallest absolute Gasteiger partial charge is 0.163 e. The molecule has 0 radical (unpaired) electrons. The Morgan fingerprint density at radius 1 is 1.04 bits per heavy atom. The fourth-order valence-electron chi connectivity index (χ4n) is 2.56. The summed E-state index contributed by atoms with van der Waals surface area (Å²) in [5, 5.41) is 0. The number of Topliss-reactive ketones (excluding diaryl/α,β-unsaturated/α-hetero) is 1. The Balaban J connectivity index is 2.19. The molecule has 0 fully saturated rings. The number of carbonyl (C=O) groups is 1. The van der Waals surface area contributed by atoms with Gasteiger partial charge < -0.3 is 0 Å². The standard InChI is InChI=1S/C21H23IO/c1-2-3-14-20(22)15-19(17-10-6-4-7-11-17)16-21(23)18-12-8-5-9-13-18/h4-13,15,19H,2-3,14,16H2,1H3/b20-15-. The Labute approximate surface area is 153 Å². The molecule has 0 aliphatic carbocycles. The van der Waals surface area contributed by atoms with Gasteiger partial charge in [-0.3, -0.25) is 4.79 Å². The maximum atomic E-state index is 12.6. The van der Waals surface area contributed by atoms with Gasteiger partial charge in [0.25, 0.3) is 0 Å². The van der Waals surface area contributed by atoms with Gasteiger partial charge in [-0.15, -0.1) is 0 Å². The van der Waals surface area contributed by atoms with Gasteiger partial charge >= 0.3 is 0 Å². The van der Waals surface area contributed by atoms with Gasteiger partial charge in [0, 0.05) is 17.9 Å². The quantitative estimate of drug-likeness (QED) is 0.351. The first-order valence-electron chi connectivity index (χ1n) is 8.20. The van der Waals surface area contributed by atoms with E-state index in [1.807, 2.05) is 48.5 Å². The Hall–Kier alpha value is -1.42. The van der Waals surface area contributed by atoms with Crippen molar-refractivity contribution in [1.82, 2.24) is 0 Å². The van der Waals surface area contributed by atoms with Crippen molar-refractivity contribution in [3.63, 3.8) is 0 Å². The molecule has 2 aromatic carbocycles. The Kier molecular flexibility index (Phi) is 7.53. The first-order chi connectivity index (χ1) is 11.2. The number of carbonyl (C=O) groups excluding carboxylic acids is 1. The molecule has 120 valence electrons. The van der Waals surface area contributed by atoms with E-state index in [-0.39, 0.29) is 11.7 Å². The molecule has 2 heteroatoms. The van der Waals surface area contributed by atoms with Crippen molar-refractivity contribution >= 4 is 28.4 Å². The summed E-state index contributed by atoms with van der Waals surface area (Å²) in [4.78, 5) is 12.6. The highest BCUT2D eigenvalue weighted by Crippen LogP contribution is 2.28. The second-order valence-corrected chi connectivity index (χ2v) is 7.11. The zero-order valence-corrected chi connectivity index (χ0v) is 15.7. The van der Waals surface area contributed by atoms with Crippen molar-refractivity contribution in [3.8, 4) is 0 Å². The van der Waals surface area contributed by atoms with Crippen LogP contribution in [0.3, 0.4) is 0 Å². The fraction of sp³-hybridized carbons (Fsp3) is 0.286. The number of unbranched alkanes of at least 4 members (excludes halogenated alkanes) is 1. The molecule has 0 amide bonds. The van der Waals surface area contributed by atoms with Crippen LogP contribution in [0.1, 0.15) is 54.4 Å². The van der Waals surface area contributed by atoms with Crippen LogP contribution in [-0.4, -0.2) is 5.78 Å². The van der Waals surface area contributed by atoms with Crippen LogP contribution in [0.4, 0.5) is 0 Å². The molecule has 0 N–H and O–H groups in total.